The van der Waals surface area contributed by atoms with Gasteiger partial charge in [-0.1, -0.05) is 18.5 Å². The van der Waals surface area contributed by atoms with Crippen LogP contribution in [0.25, 0.3) is 0 Å². The van der Waals surface area contributed by atoms with Gasteiger partial charge in [-0.3, -0.25) is 39.2 Å². The van der Waals surface area contributed by atoms with Gasteiger partial charge < -0.3 is 20.3 Å². The highest BCUT2D eigenvalue weighted by Gasteiger charge is 2.51. The van der Waals surface area contributed by atoms with Gasteiger partial charge in [0.15, 0.2) is 5.11 Å². The molecule has 18 heteroatoms. The van der Waals surface area contributed by atoms with Crippen molar-refractivity contribution in [3.8, 4) is 11.8 Å². The zero-order chi connectivity index (χ0) is 42.8. The van der Waals surface area contributed by atoms with Crippen molar-refractivity contribution < 1.29 is 37.1 Å². The molecule has 2 atom stereocenters. The zero-order valence-corrected chi connectivity index (χ0v) is 34.5. The van der Waals surface area contributed by atoms with Gasteiger partial charge in [-0.05, 0) is 106 Å². The van der Waals surface area contributed by atoms with Crippen LogP contribution < -0.4 is 30.5 Å². The van der Waals surface area contributed by atoms with Crippen molar-refractivity contribution in [2.45, 2.75) is 70.8 Å². The number of carbonyl (C=O) groups is 4. The highest BCUT2D eigenvalue weighted by molar-refractivity contribution is 7.81. The van der Waals surface area contributed by atoms with Crippen molar-refractivity contribution in [2.24, 2.45) is 0 Å². The largest absolute Gasteiger partial charge is 0.492 e. The van der Waals surface area contributed by atoms with Crippen LogP contribution in [0.5, 0.6) is 5.75 Å². The second-order valence-corrected chi connectivity index (χ2v) is 16.0. The molecule has 3 saturated heterocycles. The van der Waals surface area contributed by atoms with Crippen molar-refractivity contribution in [2.75, 3.05) is 59.8 Å². The fourth-order valence-corrected chi connectivity index (χ4v) is 8.29. The zero-order valence-electron chi connectivity index (χ0n) is 32.9. The molecular weight excluding hydrogens is 809 g/mol. The van der Waals surface area contributed by atoms with E-state index in [1.807, 2.05) is 13.0 Å². The molecular formula is C41H44ClF3N8O5S. The van der Waals surface area contributed by atoms with Gasteiger partial charge in [0.05, 0.1) is 29.4 Å². The lowest BCUT2D eigenvalue weighted by atomic mass is 10.0. The second-order valence-electron chi connectivity index (χ2n) is 15.2. The number of hydrogen-bond donors (Lipinski definition) is 3. The molecule has 0 spiro atoms. The van der Waals surface area contributed by atoms with Gasteiger partial charge >= 0.3 is 6.18 Å². The van der Waals surface area contributed by atoms with Crippen LogP contribution in [-0.2, 0) is 31.8 Å². The van der Waals surface area contributed by atoms with Gasteiger partial charge in [0.2, 0.25) is 17.7 Å². The predicted molar refractivity (Wildman–Crippen MR) is 221 cm³/mol. The summed E-state index contributed by atoms with van der Waals surface area (Å²) in [7, 11) is 0. The first kappa shape index (κ1) is 43.3. The van der Waals surface area contributed by atoms with Crippen molar-refractivity contribution >= 4 is 75.3 Å². The monoisotopic (exact) mass is 852 g/mol. The number of hydrogen-bond acceptors (Lipinski definition) is 10. The predicted octanol–water partition coefficient (Wildman–Crippen LogP) is 5.95. The Kier molecular flexibility index (Phi) is 12.9. The molecule has 0 aromatic heterocycles. The van der Waals surface area contributed by atoms with E-state index >= 15 is 0 Å². The number of piperazine rings is 1. The highest BCUT2D eigenvalue weighted by Crippen LogP contribution is 2.40. The van der Waals surface area contributed by atoms with E-state index in [9.17, 15) is 37.6 Å². The minimum atomic E-state index is -4.80. The standard InChI is InChI=1S/C41H44ClF3N8O5S/c1-5-25-16-31(53-39(59)52(38(57)40(53,3)4)30-7-6-26(21-46)32(20-30)41(43,44)45)8-10-34(25)58-15-14-50-12-13-51(24(2)22-50)23-36(55)48-29-18-27(42)17-28(19-29)47-33-9-11-35(54)49-37(33)56/h6-8,10,16-20,24,33,47H,5,9,11-15,22-23H2,1-4H3,(H,48,55)(H,49,54,56)/t24-,33?/m1/s1. The van der Waals surface area contributed by atoms with Crippen molar-refractivity contribution in [1.82, 2.24) is 15.1 Å². The fourth-order valence-electron chi connectivity index (χ4n) is 7.54. The Bertz CT molecular complexity index is 2220. The number of halogens is 4. The summed E-state index contributed by atoms with van der Waals surface area (Å²) < 4.78 is 47.6. The summed E-state index contributed by atoms with van der Waals surface area (Å²) >= 11 is 12.0. The van der Waals surface area contributed by atoms with Crippen LogP contribution >= 0.6 is 23.8 Å². The molecule has 0 saturated carbocycles. The number of nitriles is 1. The van der Waals surface area contributed by atoms with Gasteiger partial charge in [-0.15, -0.1) is 0 Å². The number of alkyl halides is 3. The van der Waals surface area contributed by atoms with Gasteiger partial charge in [0.1, 0.15) is 23.9 Å². The van der Waals surface area contributed by atoms with E-state index < -0.39 is 40.7 Å². The van der Waals surface area contributed by atoms with E-state index in [4.69, 9.17) is 28.6 Å². The summed E-state index contributed by atoms with van der Waals surface area (Å²) in [6, 6.07) is 14.6. The molecule has 3 aromatic carbocycles. The lowest BCUT2D eigenvalue weighted by Crippen LogP contribution is -2.54. The van der Waals surface area contributed by atoms with Gasteiger partial charge in [0, 0.05) is 60.7 Å². The van der Waals surface area contributed by atoms with E-state index in [0.717, 1.165) is 22.6 Å². The molecule has 3 aliphatic rings. The first-order chi connectivity index (χ1) is 27.9. The van der Waals surface area contributed by atoms with Gasteiger partial charge in [-0.25, -0.2) is 0 Å². The second kappa shape index (κ2) is 17.5. The first-order valence-electron chi connectivity index (χ1n) is 19.1. The topological polar surface area (TPSA) is 150 Å². The Labute approximate surface area is 350 Å². The van der Waals surface area contributed by atoms with Crippen LogP contribution in [0.4, 0.5) is 35.9 Å². The van der Waals surface area contributed by atoms with Crippen LogP contribution in [-0.4, -0.2) is 95.5 Å². The van der Waals surface area contributed by atoms with Crippen molar-refractivity contribution in [3.63, 3.8) is 0 Å². The summed E-state index contributed by atoms with van der Waals surface area (Å²) in [6.45, 7) is 10.6. The number of thiocarbonyl (C=S) groups is 1. The minimum Gasteiger partial charge on any atom is -0.492 e. The lowest BCUT2D eigenvalue weighted by molar-refractivity contribution is -0.138. The molecule has 6 rings (SSSR count). The molecule has 13 nitrogen and oxygen atoms in total. The Morgan fingerprint density at radius 2 is 1.80 bits per heavy atom. The highest BCUT2D eigenvalue weighted by atomic mass is 35.5. The van der Waals surface area contributed by atoms with Crippen LogP contribution in [0.3, 0.4) is 0 Å². The average Bonchev–Trinajstić information content (AvgIpc) is 3.34. The van der Waals surface area contributed by atoms with E-state index in [-0.39, 0.29) is 41.6 Å². The molecule has 3 N–H and O–H groups in total. The molecule has 3 aromatic rings. The molecule has 0 bridgehead atoms. The summed E-state index contributed by atoms with van der Waals surface area (Å²) in [5.74, 6) is -0.781. The normalized spacial score (nSPS) is 20.1. The number of amides is 4. The molecule has 3 aliphatic heterocycles. The third-order valence-corrected chi connectivity index (χ3v) is 11.2. The van der Waals surface area contributed by atoms with Gasteiger partial charge in [-0.2, -0.15) is 18.4 Å². The van der Waals surface area contributed by atoms with E-state index in [2.05, 4.69) is 32.7 Å². The van der Waals surface area contributed by atoms with Crippen LogP contribution in [0, 0.1) is 11.3 Å². The van der Waals surface area contributed by atoms with E-state index in [1.165, 1.54) is 6.07 Å². The Balaban J connectivity index is 1.02. The third kappa shape index (κ3) is 9.62. The summed E-state index contributed by atoms with van der Waals surface area (Å²) in [4.78, 5) is 57.5. The minimum absolute atomic E-state index is 0.0113. The fraction of sp³-hybridized carbons (Fsp3) is 0.415. The molecule has 4 amide bonds. The molecule has 59 heavy (non-hydrogen) atoms. The summed E-state index contributed by atoms with van der Waals surface area (Å²) in [5.41, 5.74) is -0.543. The number of nitrogens with zero attached hydrogens (tertiary/aromatic N) is 5. The number of aryl methyl sites for hydroxylation is 1. The first-order valence-corrected chi connectivity index (χ1v) is 19.9. The maximum absolute atomic E-state index is 13.8. The number of rotatable bonds is 12. The van der Waals surface area contributed by atoms with Crippen LogP contribution in [0.1, 0.15) is 57.2 Å². The Morgan fingerprint density at radius 3 is 2.47 bits per heavy atom. The van der Waals surface area contributed by atoms with Crippen molar-refractivity contribution in [3.05, 3.63) is 76.3 Å². The number of piperidine rings is 1. The SMILES string of the molecule is CCc1cc(N2C(=S)N(c3ccc(C#N)c(C(F)(F)F)c3)C(=O)C2(C)C)ccc1OCCN1CCN(CC(=O)Nc2cc(Cl)cc(NC3CCC(=O)NC3=O)c2)[C@H](C)C1. The number of imide groups is 1. The number of benzene rings is 3. The maximum atomic E-state index is 13.8. The Hall–Kier alpha value is -5.28. The quantitative estimate of drug-likeness (QED) is 0.147. The van der Waals surface area contributed by atoms with Crippen LogP contribution in [0.15, 0.2) is 54.6 Å². The smallest absolute Gasteiger partial charge is 0.417 e. The number of carbonyl (C=O) groups excluding carboxylic acids is 4. The molecule has 1 unspecified atom stereocenters. The molecule has 312 valence electrons. The number of nitrogens with one attached hydrogen (secondary N) is 3. The van der Waals surface area contributed by atoms with Crippen LogP contribution in [0.2, 0.25) is 5.02 Å². The lowest BCUT2D eigenvalue weighted by Gasteiger charge is -2.39. The summed E-state index contributed by atoms with van der Waals surface area (Å²) in [5, 5.41) is 17.9. The molecule has 3 fully saturated rings. The average molecular weight is 853 g/mol. The Morgan fingerprint density at radius 1 is 1.07 bits per heavy atom. The number of ether oxygens (including phenoxy) is 1. The number of anilines is 4. The summed E-state index contributed by atoms with van der Waals surface area (Å²) in [6.07, 6.45) is -3.62. The van der Waals surface area contributed by atoms with E-state index in [1.54, 1.807) is 55.1 Å². The molecule has 3 heterocycles. The molecule has 0 aliphatic carbocycles. The van der Waals surface area contributed by atoms with Crippen molar-refractivity contribution in [1.29, 1.82) is 5.26 Å². The maximum Gasteiger partial charge on any atom is 0.417 e. The van der Waals surface area contributed by atoms with E-state index in [0.29, 0.717) is 73.5 Å². The molecule has 0 radical (unpaired) electrons. The van der Waals surface area contributed by atoms with Gasteiger partial charge in [0.25, 0.3) is 5.91 Å². The third-order valence-electron chi connectivity index (χ3n) is 10.7.